The number of fused-ring (bicyclic) bond motifs is 1. The van der Waals surface area contributed by atoms with Crippen molar-refractivity contribution in [3.8, 4) is 0 Å². The molecule has 1 aliphatic rings. The fourth-order valence-electron chi connectivity index (χ4n) is 4.16. The Hall–Kier alpha value is -3.49. The van der Waals surface area contributed by atoms with Gasteiger partial charge < -0.3 is 8.98 Å². The van der Waals surface area contributed by atoms with E-state index in [0.29, 0.717) is 17.1 Å². The van der Waals surface area contributed by atoms with E-state index in [9.17, 15) is 9.59 Å². The topological polar surface area (TPSA) is 101 Å². The highest BCUT2D eigenvalue weighted by atomic mass is 16.4. The van der Waals surface area contributed by atoms with Crippen LogP contribution in [0.3, 0.4) is 0 Å². The Bertz CT molecular complexity index is 1280. The van der Waals surface area contributed by atoms with Gasteiger partial charge >= 0.3 is 5.76 Å². The molecule has 0 bridgehead atoms. The minimum absolute atomic E-state index is 0.000364. The van der Waals surface area contributed by atoms with Crippen molar-refractivity contribution in [2.24, 2.45) is 7.05 Å². The van der Waals surface area contributed by atoms with E-state index in [1.54, 1.807) is 17.9 Å². The summed E-state index contributed by atoms with van der Waals surface area (Å²) in [4.78, 5) is 33.3. The molecule has 3 aromatic heterocycles. The van der Waals surface area contributed by atoms with Gasteiger partial charge in [0.1, 0.15) is 12.9 Å². The van der Waals surface area contributed by atoms with Crippen LogP contribution >= 0.6 is 0 Å². The van der Waals surface area contributed by atoms with Gasteiger partial charge in [-0.1, -0.05) is 30.3 Å². The lowest BCUT2D eigenvalue weighted by molar-refractivity contribution is 0.401. The van der Waals surface area contributed by atoms with Crippen LogP contribution in [0.4, 0.5) is 0 Å². The maximum atomic E-state index is 12.7. The van der Waals surface area contributed by atoms with Crippen molar-refractivity contribution in [3.05, 3.63) is 75.3 Å². The van der Waals surface area contributed by atoms with Crippen molar-refractivity contribution < 1.29 is 4.42 Å². The molecule has 0 amide bonds. The summed E-state index contributed by atoms with van der Waals surface area (Å²) in [6, 6.07) is 10.3. The van der Waals surface area contributed by atoms with Gasteiger partial charge in [-0.15, -0.1) is 5.10 Å². The molecule has 148 valence electrons. The Kier molecular flexibility index (Phi) is 4.15. The third-order valence-corrected chi connectivity index (χ3v) is 5.64. The van der Waals surface area contributed by atoms with Crippen molar-refractivity contribution in [1.82, 2.24) is 28.9 Å². The van der Waals surface area contributed by atoms with Gasteiger partial charge in [-0.2, -0.15) is 4.68 Å². The molecule has 0 radical (unpaired) electrons. The molecule has 9 nitrogen and oxygen atoms in total. The summed E-state index contributed by atoms with van der Waals surface area (Å²) in [5.74, 6) is 0.122. The smallest absolute Gasteiger partial charge is 0.390 e. The third kappa shape index (κ3) is 3.08. The lowest BCUT2D eigenvalue weighted by Crippen LogP contribution is -2.23. The molecule has 5 rings (SSSR count). The first-order valence-electron chi connectivity index (χ1n) is 9.60. The Morgan fingerprint density at radius 2 is 1.90 bits per heavy atom. The summed E-state index contributed by atoms with van der Waals surface area (Å²) >= 11 is 0. The highest BCUT2D eigenvalue weighted by Crippen LogP contribution is 2.39. The average molecular weight is 392 g/mol. The molecule has 4 aromatic rings. The SMILES string of the molecule is Cn1cnc2ncn(Cc3nn(C4CC[C@H](c5ccccc5)C4)c(=O)o3)c(=O)c21. The molecule has 0 N–H and O–H groups in total. The van der Waals surface area contributed by atoms with E-state index in [1.165, 1.54) is 21.1 Å². The molecule has 0 saturated heterocycles. The first-order chi connectivity index (χ1) is 14.1. The number of aromatic nitrogens is 6. The quantitative estimate of drug-likeness (QED) is 0.525. The molecular formula is C20H20N6O3. The van der Waals surface area contributed by atoms with E-state index in [-0.39, 0.29) is 24.0 Å². The second kappa shape index (κ2) is 6.84. The standard InChI is InChI=1S/C20H20N6O3/c1-24-11-21-18-17(24)19(27)25(12-22-18)10-16-23-26(20(28)29-16)15-8-7-14(9-15)13-5-3-2-4-6-13/h2-6,11-12,14-15H,7-10H2,1H3/t14-,15?/m0/s1. The van der Waals surface area contributed by atoms with Crippen LogP contribution < -0.4 is 11.3 Å². The van der Waals surface area contributed by atoms with Crippen LogP contribution in [0.5, 0.6) is 0 Å². The van der Waals surface area contributed by atoms with Crippen molar-refractivity contribution >= 4 is 11.2 Å². The minimum atomic E-state index is -0.485. The Morgan fingerprint density at radius 1 is 1.10 bits per heavy atom. The molecule has 29 heavy (non-hydrogen) atoms. The Labute approximate surface area is 165 Å². The van der Waals surface area contributed by atoms with Crippen LogP contribution in [-0.4, -0.2) is 28.9 Å². The zero-order chi connectivity index (χ0) is 20.0. The summed E-state index contributed by atoms with van der Waals surface area (Å²) in [6.45, 7) is 0.0457. The third-order valence-electron chi connectivity index (χ3n) is 5.64. The summed E-state index contributed by atoms with van der Waals surface area (Å²) in [5, 5.41) is 4.37. The predicted molar refractivity (Wildman–Crippen MR) is 105 cm³/mol. The zero-order valence-electron chi connectivity index (χ0n) is 15.9. The van der Waals surface area contributed by atoms with Crippen molar-refractivity contribution in [2.45, 2.75) is 37.8 Å². The average Bonchev–Trinajstić information content (AvgIpc) is 3.44. The van der Waals surface area contributed by atoms with Gasteiger partial charge in [0, 0.05) is 7.05 Å². The number of hydrogen-bond acceptors (Lipinski definition) is 6. The molecule has 2 atom stereocenters. The molecule has 9 heteroatoms. The molecule has 1 aliphatic carbocycles. The fourth-order valence-corrected chi connectivity index (χ4v) is 4.16. The molecule has 0 spiro atoms. The number of nitrogens with zero attached hydrogens (tertiary/aromatic N) is 6. The first-order valence-corrected chi connectivity index (χ1v) is 9.60. The Balaban J connectivity index is 1.39. The molecular weight excluding hydrogens is 372 g/mol. The van der Waals surface area contributed by atoms with Crippen LogP contribution in [0.15, 0.2) is 57.0 Å². The van der Waals surface area contributed by atoms with E-state index >= 15 is 0 Å². The van der Waals surface area contributed by atoms with Crippen LogP contribution in [-0.2, 0) is 13.6 Å². The lowest BCUT2D eigenvalue weighted by atomic mass is 9.98. The monoisotopic (exact) mass is 392 g/mol. The molecule has 1 aromatic carbocycles. The van der Waals surface area contributed by atoms with Gasteiger partial charge in [-0.05, 0) is 30.7 Å². The maximum absolute atomic E-state index is 12.7. The summed E-state index contributed by atoms with van der Waals surface area (Å²) in [5.41, 5.74) is 1.82. The summed E-state index contributed by atoms with van der Waals surface area (Å²) in [7, 11) is 1.74. The van der Waals surface area contributed by atoms with Crippen LogP contribution in [0.25, 0.3) is 11.2 Å². The molecule has 1 saturated carbocycles. The van der Waals surface area contributed by atoms with Gasteiger partial charge in [-0.3, -0.25) is 9.36 Å². The number of hydrogen-bond donors (Lipinski definition) is 0. The van der Waals surface area contributed by atoms with Crippen LogP contribution in [0, 0.1) is 0 Å². The van der Waals surface area contributed by atoms with Gasteiger partial charge in [0.05, 0.1) is 12.4 Å². The largest absolute Gasteiger partial charge is 0.437 e. The molecule has 0 aliphatic heterocycles. The molecule has 1 unspecified atom stereocenters. The van der Waals surface area contributed by atoms with E-state index in [0.717, 1.165) is 19.3 Å². The van der Waals surface area contributed by atoms with E-state index in [2.05, 4.69) is 27.2 Å². The summed E-state index contributed by atoms with van der Waals surface area (Å²) < 4.78 is 9.77. The van der Waals surface area contributed by atoms with E-state index < -0.39 is 5.76 Å². The molecule has 1 fully saturated rings. The van der Waals surface area contributed by atoms with E-state index in [1.807, 2.05) is 18.2 Å². The summed E-state index contributed by atoms with van der Waals surface area (Å²) in [6.07, 6.45) is 5.66. The zero-order valence-corrected chi connectivity index (χ0v) is 15.9. The number of rotatable bonds is 4. The van der Waals surface area contributed by atoms with Gasteiger partial charge in [-0.25, -0.2) is 14.8 Å². The fraction of sp³-hybridized carbons (Fsp3) is 0.350. The lowest BCUT2D eigenvalue weighted by Gasteiger charge is -2.10. The number of aryl methyl sites for hydroxylation is 1. The Morgan fingerprint density at radius 3 is 2.72 bits per heavy atom. The number of benzene rings is 1. The van der Waals surface area contributed by atoms with Crippen molar-refractivity contribution in [2.75, 3.05) is 0 Å². The maximum Gasteiger partial charge on any atom is 0.437 e. The first kappa shape index (κ1) is 17.6. The predicted octanol–water partition coefficient (Wildman–Crippen LogP) is 1.84. The minimum Gasteiger partial charge on any atom is -0.390 e. The van der Waals surface area contributed by atoms with Crippen molar-refractivity contribution in [1.29, 1.82) is 0 Å². The van der Waals surface area contributed by atoms with Crippen molar-refractivity contribution in [3.63, 3.8) is 0 Å². The van der Waals surface area contributed by atoms with E-state index in [4.69, 9.17) is 4.42 Å². The number of imidazole rings is 1. The molecule has 3 heterocycles. The highest BCUT2D eigenvalue weighted by Gasteiger charge is 2.30. The van der Waals surface area contributed by atoms with Gasteiger partial charge in [0.15, 0.2) is 11.2 Å². The van der Waals surface area contributed by atoms with Gasteiger partial charge in [0.2, 0.25) is 5.89 Å². The van der Waals surface area contributed by atoms with Crippen LogP contribution in [0.2, 0.25) is 0 Å². The normalized spacial score (nSPS) is 19.2. The highest BCUT2D eigenvalue weighted by molar-refractivity contribution is 5.68. The second-order valence-electron chi connectivity index (χ2n) is 7.49. The van der Waals surface area contributed by atoms with Crippen LogP contribution in [0.1, 0.15) is 42.7 Å². The van der Waals surface area contributed by atoms with Gasteiger partial charge in [0.25, 0.3) is 5.56 Å². The second-order valence-corrected chi connectivity index (χ2v) is 7.49.